The third-order valence-electron chi connectivity index (χ3n) is 5.45. The molecule has 0 radical (unpaired) electrons. The molecule has 1 amide bonds. The molecule has 1 aliphatic rings. The minimum absolute atomic E-state index is 0.0596. The summed E-state index contributed by atoms with van der Waals surface area (Å²) in [5.74, 6) is -0.259. The summed E-state index contributed by atoms with van der Waals surface area (Å²) in [5, 5.41) is 11.1. The first-order valence-electron chi connectivity index (χ1n) is 11.4. The number of methoxy groups -OCH3 is 1. The van der Waals surface area contributed by atoms with E-state index in [0.29, 0.717) is 55.4 Å². The van der Waals surface area contributed by atoms with Crippen LogP contribution in [0.4, 0.5) is 0 Å². The molecule has 0 bridgehead atoms. The number of carbonyl (C=O) groups is 2. The molecule has 0 saturated carbocycles. The number of rotatable bonds is 12. The minimum Gasteiger partial charge on any atom is -0.507 e. The van der Waals surface area contributed by atoms with Crippen LogP contribution in [0.5, 0.6) is 11.5 Å². The van der Waals surface area contributed by atoms with Crippen LogP contribution in [0.15, 0.2) is 66.8 Å². The summed E-state index contributed by atoms with van der Waals surface area (Å²) >= 11 is 0. The maximum Gasteiger partial charge on any atom is 0.295 e. The lowest BCUT2D eigenvalue weighted by atomic mass is 9.95. The zero-order valence-corrected chi connectivity index (χ0v) is 19.7. The molecular weight excluding hydrogens is 434 g/mol. The van der Waals surface area contributed by atoms with Gasteiger partial charge in [0.1, 0.15) is 23.9 Å². The molecule has 34 heavy (non-hydrogen) atoms. The fourth-order valence-electron chi connectivity index (χ4n) is 3.82. The lowest BCUT2D eigenvalue weighted by Crippen LogP contribution is -2.31. The van der Waals surface area contributed by atoms with Crippen LogP contribution in [0.25, 0.3) is 5.76 Å². The van der Waals surface area contributed by atoms with Crippen LogP contribution in [-0.4, -0.2) is 55.2 Å². The fourth-order valence-corrected chi connectivity index (χ4v) is 3.82. The van der Waals surface area contributed by atoms with Gasteiger partial charge in [-0.05, 0) is 54.8 Å². The molecule has 3 rings (SSSR count). The molecule has 180 valence electrons. The van der Waals surface area contributed by atoms with Gasteiger partial charge in [-0.2, -0.15) is 0 Å². The summed E-state index contributed by atoms with van der Waals surface area (Å²) in [5.41, 5.74) is 1.20. The van der Waals surface area contributed by atoms with Crippen molar-refractivity contribution in [2.24, 2.45) is 0 Å². The molecule has 1 N–H and O–H groups in total. The SMILES string of the molecule is C=CCOc1ccc(/C(O)=C2\C(=O)C(=O)N(CCCOC)C2c2ccc(OCCC)cc2)cc1. The van der Waals surface area contributed by atoms with Crippen molar-refractivity contribution in [3.63, 3.8) is 0 Å². The second-order valence-corrected chi connectivity index (χ2v) is 7.88. The highest BCUT2D eigenvalue weighted by atomic mass is 16.5. The number of likely N-dealkylation sites (tertiary alicyclic amines) is 1. The first-order chi connectivity index (χ1) is 16.5. The zero-order chi connectivity index (χ0) is 24.5. The average Bonchev–Trinajstić information content (AvgIpc) is 3.11. The second-order valence-electron chi connectivity index (χ2n) is 7.88. The topological polar surface area (TPSA) is 85.3 Å². The molecule has 1 fully saturated rings. The maximum absolute atomic E-state index is 13.1. The number of ether oxygens (including phenoxy) is 3. The van der Waals surface area contributed by atoms with Gasteiger partial charge >= 0.3 is 0 Å². The number of nitrogens with zero attached hydrogens (tertiary/aromatic N) is 1. The Bertz CT molecular complexity index is 1030. The molecule has 1 saturated heterocycles. The van der Waals surface area contributed by atoms with Gasteiger partial charge < -0.3 is 24.2 Å². The van der Waals surface area contributed by atoms with Crippen molar-refractivity contribution < 1.29 is 28.9 Å². The molecular formula is C27H31NO6. The van der Waals surface area contributed by atoms with Crippen LogP contribution in [0.1, 0.15) is 36.9 Å². The van der Waals surface area contributed by atoms with E-state index >= 15 is 0 Å². The molecule has 2 aromatic carbocycles. The number of hydrogen-bond acceptors (Lipinski definition) is 6. The monoisotopic (exact) mass is 465 g/mol. The zero-order valence-electron chi connectivity index (χ0n) is 19.7. The molecule has 2 aromatic rings. The molecule has 1 atom stereocenters. The van der Waals surface area contributed by atoms with Gasteiger partial charge in [-0.25, -0.2) is 0 Å². The van der Waals surface area contributed by atoms with Crippen LogP contribution in [0, 0.1) is 0 Å². The summed E-state index contributed by atoms with van der Waals surface area (Å²) in [4.78, 5) is 27.5. The lowest BCUT2D eigenvalue weighted by Gasteiger charge is -2.25. The van der Waals surface area contributed by atoms with E-state index < -0.39 is 17.7 Å². The number of aliphatic hydroxyl groups excluding tert-OH is 1. The number of aliphatic hydroxyl groups is 1. The number of ketones is 1. The Balaban J connectivity index is 2.00. The van der Waals surface area contributed by atoms with E-state index in [1.165, 1.54) is 4.90 Å². The molecule has 7 heteroatoms. The van der Waals surface area contributed by atoms with Crippen molar-refractivity contribution >= 4 is 17.4 Å². The standard InChI is InChI=1S/C27H31NO6/c1-4-16-33-21-11-7-19(8-12-21)24-23(26(30)27(31)28(24)15-6-18-32-3)25(29)20-9-13-22(14-10-20)34-17-5-2/h5,7-14,24,29H,2,4,6,15-18H2,1,3H3/b25-23+. The molecule has 1 unspecified atom stereocenters. The van der Waals surface area contributed by atoms with Crippen molar-refractivity contribution in [3.8, 4) is 11.5 Å². The van der Waals surface area contributed by atoms with Crippen LogP contribution >= 0.6 is 0 Å². The van der Waals surface area contributed by atoms with Gasteiger partial charge in [0.25, 0.3) is 11.7 Å². The number of carbonyl (C=O) groups excluding carboxylic acids is 2. The minimum atomic E-state index is -0.714. The number of Topliss-reactive ketones (excluding diaryl/α,β-unsaturated/α-hetero) is 1. The van der Waals surface area contributed by atoms with Crippen molar-refractivity contribution in [1.29, 1.82) is 0 Å². The van der Waals surface area contributed by atoms with Crippen molar-refractivity contribution in [2.45, 2.75) is 25.8 Å². The smallest absolute Gasteiger partial charge is 0.295 e. The second kappa shape index (κ2) is 12.0. The quantitative estimate of drug-likeness (QED) is 0.163. The number of hydrogen-bond donors (Lipinski definition) is 1. The molecule has 0 spiro atoms. The largest absolute Gasteiger partial charge is 0.507 e. The van der Waals surface area contributed by atoms with E-state index in [1.807, 2.05) is 31.2 Å². The molecule has 7 nitrogen and oxygen atoms in total. The highest BCUT2D eigenvalue weighted by molar-refractivity contribution is 6.46. The Labute approximate surface area is 200 Å². The van der Waals surface area contributed by atoms with Crippen molar-refractivity contribution in [3.05, 3.63) is 77.9 Å². The van der Waals surface area contributed by atoms with Crippen molar-refractivity contribution in [1.82, 2.24) is 4.90 Å². The van der Waals surface area contributed by atoms with E-state index in [-0.39, 0.29) is 11.3 Å². The Morgan fingerprint density at radius 1 is 1.03 bits per heavy atom. The van der Waals surface area contributed by atoms with Crippen molar-refractivity contribution in [2.75, 3.05) is 33.5 Å². The number of benzene rings is 2. The highest BCUT2D eigenvalue weighted by Crippen LogP contribution is 2.40. The van der Waals surface area contributed by atoms with Gasteiger partial charge in [-0.3, -0.25) is 9.59 Å². The first-order valence-corrected chi connectivity index (χ1v) is 11.4. The van der Waals surface area contributed by atoms with E-state index in [0.717, 1.165) is 6.42 Å². The van der Waals surface area contributed by atoms with Gasteiger partial charge in [-0.15, -0.1) is 0 Å². The van der Waals surface area contributed by atoms with E-state index in [9.17, 15) is 14.7 Å². The predicted molar refractivity (Wildman–Crippen MR) is 130 cm³/mol. The Morgan fingerprint density at radius 2 is 1.68 bits per heavy atom. The Kier molecular flexibility index (Phi) is 8.87. The van der Waals surface area contributed by atoms with E-state index in [2.05, 4.69) is 6.58 Å². The van der Waals surface area contributed by atoms with Crippen LogP contribution in [0.3, 0.4) is 0 Å². The van der Waals surface area contributed by atoms with Crippen LogP contribution < -0.4 is 9.47 Å². The summed E-state index contributed by atoms with van der Waals surface area (Å²) in [6.45, 7) is 7.37. The van der Waals surface area contributed by atoms with Gasteiger partial charge in [0.05, 0.1) is 18.2 Å². The highest BCUT2D eigenvalue weighted by Gasteiger charge is 2.45. The molecule has 0 aliphatic carbocycles. The molecule has 1 heterocycles. The summed E-state index contributed by atoms with van der Waals surface area (Å²) < 4.78 is 16.3. The maximum atomic E-state index is 13.1. The van der Waals surface area contributed by atoms with Gasteiger partial charge in [0.15, 0.2) is 0 Å². The summed E-state index contributed by atoms with van der Waals surface area (Å²) in [6.07, 6.45) is 3.09. The average molecular weight is 466 g/mol. The van der Waals surface area contributed by atoms with Crippen LogP contribution in [0.2, 0.25) is 0 Å². The predicted octanol–water partition coefficient (Wildman–Crippen LogP) is 4.50. The van der Waals surface area contributed by atoms with Gasteiger partial charge in [0.2, 0.25) is 0 Å². The van der Waals surface area contributed by atoms with Gasteiger partial charge in [-0.1, -0.05) is 31.7 Å². The molecule has 1 aliphatic heterocycles. The Hall–Kier alpha value is -3.58. The van der Waals surface area contributed by atoms with Gasteiger partial charge in [0, 0.05) is 25.8 Å². The summed E-state index contributed by atoms with van der Waals surface area (Å²) in [6, 6.07) is 13.3. The lowest BCUT2D eigenvalue weighted by molar-refractivity contribution is -0.140. The fraction of sp³-hybridized carbons (Fsp3) is 0.333. The van der Waals surface area contributed by atoms with E-state index in [4.69, 9.17) is 14.2 Å². The van der Waals surface area contributed by atoms with E-state index in [1.54, 1.807) is 37.5 Å². The first kappa shape index (κ1) is 25.1. The third-order valence-corrected chi connectivity index (χ3v) is 5.45. The Morgan fingerprint density at radius 3 is 2.29 bits per heavy atom. The normalized spacial score (nSPS) is 17.1. The molecule has 0 aromatic heterocycles. The third kappa shape index (κ3) is 5.66. The number of amides is 1. The van der Waals surface area contributed by atoms with Crippen LogP contribution in [-0.2, 0) is 14.3 Å². The summed E-state index contributed by atoms with van der Waals surface area (Å²) in [7, 11) is 1.59.